The lowest BCUT2D eigenvalue weighted by Crippen LogP contribution is -2.45. The first kappa shape index (κ1) is 22.8. The summed E-state index contributed by atoms with van der Waals surface area (Å²) in [6.07, 6.45) is 0.660. The van der Waals surface area contributed by atoms with Gasteiger partial charge in [-0.1, -0.05) is 0 Å². The Morgan fingerprint density at radius 1 is 1.03 bits per heavy atom. The van der Waals surface area contributed by atoms with Gasteiger partial charge in [0.1, 0.15) is 17.3 Å². The van der Waals surface area contributed by atoms with Crippen LogP contribution in [0.5, 0.6) is 11.5 Å². The maximum absolute atomic E-state index is 12.7. The minimum absolute atomic E-state index is 0.142. The maximum Gasteiger partial charge on any atom is 0.224 e. The van der Waals surface area contributed by atoms with Crippen molar-refractivity contribution in [1.82, 2.24) is 24.7 Å². The molecule has 10 nitrogen and oxygen atoms in total. The summed E-state index contributed by atoms with van der Waals surface area (Å²) >= 11 is 0. The van der Waals surface area contributed by atoms with Crippen LogP contribution in [0.3, 0.4) is 0 Å². The Bertz CT molecular complexity index is 1090. The SMILES string of the molecule is CCOc1ccc(OCC)c(NC(=O)CCc2nnc3ccc(N4CCN(C)CC4)nn23)c1. The molecule has 1 saturated heterocycles. The zero-order valence-electron chi connectivity index (χ0n) is 19.5. The van der Waals surface area contributed by atoms with Crippen molar-refractivity contribution in [2.75, 3.05) is 56.7 Å². The van der Waals surface area contributed by atoms with E-state index in [1.54, 1.807) is 16.6 Å². The highest BCUT2D eigenvalue weighted by molar-refractivity contribution is 5.92. The third-order valence-corrected chi connectivity index (χ3v) is 5.55. The van der Waals surface area contributed by atoms with Crippen LogP contribution in [0, 0.1) is 0 Å². The summed E-state index contributed by atoms with van der Waals surface area (Å²) in [7, 11) is 2.13. The quantitative estimate of drug-likeness (QED) is 0.527. The van der Waals surface area contributed by atoms with Crippen LogP contribution >= 0.6 is 0 Å². The lowest BCUT2D eigenvalue weighted by molar-refractivity contribution is -0.116. The van der Waals surface area contributed by atoms with Crippen molar-refractivity contribution in [3.63, 3.8) is 0 Å². The number of fused-ring (bicyclic) bond motifs is 1. The number of anilines is 2. The van der Waals surface area contributed by atoms with Gasteiger partial charge in [0, 0.05) is 45.1 Å². The van der Waals surface area contributed by atoms with Crippen LogP contribution in [-0.4, -0.2) is 77.1 Å². The molecule has 0 atom stereocenters. The van der Waals surface area contributed by atoms with Gasteiger partial charge in [0.2, 0.25) is 5.91 Å². The fourth-order valence-corrected chi connectivity index (χ4v) is 3.77. The van der Waals surface area contributed by atoms with E-state index in [4.69, 9.17) is 14.6 Å². The van der Waals surface area contributed by atoms with Crippen LogP contribution in [0.25, 0.3) is 5.65 Å². The van der Waals surface area contributed by atoms with Crippen LogP contribution in [0.15, 0.2) is 30.3 Å². The van der Waals surface area contributed by atoms with Crippen molar-refractivity contribution < 1.29 is 14.3 Å². The van der Waals surface area contributed by atoms with E-state index in [9.17, 15) is 4.79 Å². The highest BCUT2D eigenvalue weighted by Gasteiger charge is 2.18. The summed E-state index contributed by atoms with van der Waals surface area (Å²) in [5, 5.41) is 16.1. The molecule has 0 radical (unpaired) electrons. The van der Waals surface area contributed by atoms with Gasteiger partial charge in [-0.3, -0.25) is 4.79 Å². The first-order valence-electron chi connectivity index (χ1n) is 11.4. The van der Waals surface area contributed by atoms with Crippen LogP contribution in [0.2, 0.25) is 0 Å². The van der Waals surface area contributed by atoms with Crippen LogP contribution in [0.1, 0.15) is 26.1 Å². The molecule has 2 aromatic heterocycles. The number of benzene rings is 1. The Morgan fingerprint density at radius 3 is 2.58 bits per heavy atom. The third kappa shape index (κ3) is 5.51. The van der Waals surface area contributed by atoms with Gasteiger partial charge in [0.25, 0.3) is 0 Å². The van der Waals surface area contributed by atoms with E-state index < -0.39 is 0 Å². The number of amides is 1. The number of hydrogen-bond acceptors (Lipinski definition) is 8. The minimum Gasteiger partial charge on any atom is -0.494 e. The molecule has 1 N–H and O–H groups in total. The average Bonchev–Trinajstić information content (AvgIpc) is 3.22. The van der Waals surface area contributed by atoms with Gasteiger partial charge in [0.05, 0.1) is 18.9 Å². The van der Waals surface area contributed by atoms with Gasteiger partial charge >= 0.3 is 0 Å². The highest BCUT2D eigenvalue weighted by Crippen LogP contribution is 2.29. The number of aryl methyl sites for hydroxylation is 1. The number of rotatable bonds is 9. The van der Waals surface area contributed by atoms with Gasteiger partial charge in [-0.05, 0) is 45.2 Å². The number of carbonyl (C=O) groups is 1. The summed E-state index contributed by atoms with van der Waals surface area (Å²) in [6.45, 7) is 8.74. The summed E-state index contributed by atoms with van der Waals surface area (Å²) < 4.78 is 12.9. The van der Waals surface area contributed by atoms with E-state index in [0.717, 1.165) is 32.0 Å². The molecule has 33 heavy (non-hydrogen) atoms. The molecule has 1 aromatic carbocycles. The monoisotopic (exact) mass is 453 g/mol. The predicted molar refractivity (Wildman–Crippen MR) is 126 cm³/mol. The van der Waals surface area contributed by atoms with Gasteiger partial charge in [-0.2, -0.15) is 4.52 Å². The summed E-state index contributed by atoms with van der Waals surface area (Å²) in [5.41, 5.74) is 1.26. The van der Waals surface area contributed by atoms with Gasteiger partial charge in [-0.15, -0.1) is 15.3 Å². The topological polar surface area (TPSA) is 97.1 Å². The van der Waals surface area contributed by atoms with E-state index in [1.165, 1.54) is 0 Å². The first-order valence-corrected chi connectivity index (χ1v) is 11.4. The Kier molecular flexibility index (Phi) is 7.23. The van der Waals surface area contributed by atoms with E-state index in [-0.39, 0.29) is 12.3 Å². The van der Waals surface area contributed by atoms with Crippen molar-refractivity contribution in [3.8, 4) is 11.5 Å². The molecule has 10 heteroatoms. The number of piperazine rings is 1. The number of nitrogens with one attached hydrogen (secondary N) is 1. The Morgan fingerprint density at radius 2 is 1.82 bits per heavy atom. The highest BCUT2D eigenvalue weighted by atomic mass is 16.5. The third-order valence-electron chi connectivity index (χ3n) is 5.55. The molecule has 1 aliphatic heterocycles. The van der Waals surface area contributed by atoms with Gasteiger partial charge < -0.3 is 24.6 Å². The number of aromatic nitrogens is 4. The second-order valence-electron chi connectivity index (χ2n) is 7.94. The van der Waals surface area contributed by atoms with Crippen molar-refractivity contribution >= 4 is 23.1 Å². The second kappa shape index (κ2) is 10.5. The number of carbonyl (C=O) groups excluding carboxylic acids is 1. The number of nitrogens with zero attached hydrogens (tertiary/aromatic N) is 6. The molecule has 176 valence electrons. The fraction of sp³-hybridized carbons (Fsp3) is 0.478. The number of hydrogen-bond donors (Lipinski definition) is 1. The zero-order valence-corrected chi connectivity index (χ0v) is 19.5. The molecule has 1 amide bonds. The Hall–Kier alpha value is -3.40. The van der Waals surface area contributed by atoms with Crippen LogP contribution in [0.4, 0.5) is 11.5 Å². The molecule has 1 aliphatic rings. The number of likely N-dealkylation sites (N-methyl/N-ethyl adjacent to an activating group) is 1. The molecule has 3 aromatic rings. The molecule has 0 spiro atoms. The average molecular weight is 454 g/mol. The van der Waals surface area contributed by atoms with Gasteiger partial charge in [0.15, 0.2) is 11.5 Å². The molecule has 0 bridgehead atoms. The van der Waals surface area contributed by atoms with E-state index in [1.807, 2.05) is 32.0 Å². The molecule has 0 unspecified atom stereocenters. The minimum atomic E-state index is -0.142. The standard InChI is InChI=1S/C23H31N7O3/c1-4-32-17-6-7-19(33-5-2)18(16-17)24-23(31)11-10-21-26-25-20-8-9-22(27-30(20)21)29-14-12-28(3)13-15-29/h6-9,16H,4-5,10-15H2,1-3H3,(H,24,31). The number of ether oxygens (including phenoxy) is 2. The molecular weight excluding hydrogens is 422 g/mol. The molecular formula is C23H31N7O3. The smallest absolute Gasteiger partial charge is 0.224 e. The summed E-state index contributed by atoms with van der Waals surface area (Å²) in [6, 6.07) is 9.32. The van der Waals surface area contributed by atoms with Crippen LogP contribution < -0.4 is 19.7 Å². The summed E-state index contributed by atoms with van der Waals surface area (Å²) in [5.74, 6) is 2.71. The molecule has 3 heterocycles. The largest absolute Gasteiger partial charge is 0.494 e. The van der Waals surface area contributed by atoms with E-state index >= 15 is 0 Å². The van der Waals surface area contributed by atoms with Crippen molar-refractivity contribution in [2.24, 2.45) is 0 Å². The molecule has 0 saturated carbocycles. The lowest BCUT2D eigenvalue weighted by atomic mass is 10.2. The fourth-order valence-electron chi connectivity index (χ4n) is 3.77. The molecule has 0 aliphatic carbocycles. The zero-order chi connectivity index (χ0) is 23.2. The molecule has 1 fully saturated rings. The summed E-state index contributed by atoms with van der Waals surface area (Å²) in [4.78, 5) is 17.3. The van der Waals surface area contributed by atoms with Crippen LogP contribution in [-0.2, 0) is 11.2 Å². The second-order valence-corrected chi connectivity index (χ2v) is 7.94. The van der Waals surface area contributed by atoms with E-state index in [2.05, 4.69) is 32.4 Å². The van der Waals surface area contributed by atoms with E-state index in [0.29, 0.717) is 48.3 Å². The van der Waals surface area contributed by atoms with Crippen molar-refractivity contribution in [2.45, 2.75) is 26.7 Å². The first-order chi connectivity index (χ1) is 16.1. The maximum atomic E-state index is 12.7. The predicted octanol–water partition coefficient (Wildman–Crippen LogP) is 2.24. The van der Waals surface area contributed by atoms with Crippen molar-refractivity contribution in [3.05, 3.63) is 36.2 Å². The lowest BCUT2D eigenvalue weighted by Gasteiger charge is -2.33. The molecule has 4 rings (SSSR count). The van der Waals surface area contributed by atoms with Gasteiger partial charge in [-0.25, -0.2) is 0 Å². The Labute approximate surface area is 193 Å². The normalized spacial score (nSPS) is 14.5. The van der Waals surface area contributed by atoms with Crippen molar-refractivity contribution in [1.29, 1.82) is 0 Å². The Balaban J connectivity index is 1.43.